The molecule has 4 nitrogen and oxygen atoms in total. The van der Waals surface area contributed by atoms with E-state index in [-0.39, 0.29) is 5.91 Å². The molecule has 1 N–H and O–H groups in total. The Morgan fingerprint density at radius 2 is 2.11 bits per heavy atom. The fourth-order valence-electron chi connectivity index (χ4n) is 1.84. The Balaban J connectivity index is 2.60. The van der Waals surface area contributed by atoms with Gasteiger partial charge in [-0.15, -0.1) is 0 Å². The Hall–Kier alpha value is -0.940. The summed E-state index contributed by atoms with van der Waals surface area (Å²) in [6.45, 7) is 4.92. The number of rotatable bonds is 5. The van der Waals surface area contributed by atoms with Gasteiger partial charge < -0.3 is 10.2 Å². The van der Waals surface area contributed by atoms with E-state index in [2.05, 4.69) is 45.0 Å². The molecule has 5 heteroatoms. The van der Waals surface area contributed by atoms with Gasteiger partial charge >= 0.3 is 0 Å². The Labute approximate surface area is 117 Å². The molecular formula is C13H20BrN3O. The third kappa shape index (κ3) is 4.38. The monoisotopic (exact) mass is 313 g/mol. The van der Waals surface area contributed by atoms with E-state index >= 15 is 0 Å². The molecule has 100 valence electrons. The molecule has 0 bridgehead atoms. The number of halogens is 1. The Morgan fingerprint density at radius 3 is 2.61 bits per heavy atom. The summed E-state index contributed by atoms with van der Waals surface area (Å²) >= 11 is 3.26. The lowest BCUT2D eigenvalue weighted by molar-refractivity contribution is 0.0929. The van der Waals surface area contributed by atoms with Gasteiger partial charge in [-0.1, -0.05) is 19.9 Å². The smallest absolute Gasteiger partial charge is 0.269 e. The van der Waals surface area contributed by atoms with Crippen LogP contribution in [0.5, 0.6) is 0 Å². The molecule has 1 heterocycles. The first-order valence-corrected chi connectivity index (χ1v) is 6.78. The molecular weight excluding hydrogens is 294 g/mol. The summed E-state index contributed by atoms with van der Waals surface area (Å²) in [6.07, 6.45) is 0. The average Bonchev–Trinajstić information content (AvgIpc) is 2.28. The first kappa shape index (κ1) is 15.1. The summed E-state index contributed by atoms with van der Waals surface area (Å²) in [5.74, 6) is 0.347. The Kier molecular flexibility index (Phi) is 5.75. The normalized spacial score (nSPS) is 12.8. The molecule has 18 heavy (non-hydrogen) atoms. The van der Waals surface area contributed by atoms with E-state index in [1.54, 1.807) is 18.2 Å². The highest BCUT2D eigenvalue weighted by Gasteiger charge is 2.17. The summed E-state index contributed by atoms with van der Waals surface area (Å²) < 4.78 is 0.670. The molecule has 0 saturated carbocycles. The van der Waals surface area contributed by atoms with Crippen LogP contribution in [0.1, 0.15) is 24.3 Å². The second-order valence-electron chi connectivity index (χ2n) is 4.83. The van der Waals surface area contributed by atoms with Crippen LogP contribution in [0.25, 0.3) is 0 Å². The van der Waals surface area contributed by atoms with Crippen LogP contribution in [0.15, 0.2) is 22.8 Å². The molecule has 1 unspecified atom stereocenters. The van der Waals surface area contributed by atoms with Gasteiger partial charge in [-0.3, -0.25) is 4.79 Å². The number of hydrogen-bond donors (Lipinski definition) is 1. The maximum atomic E-state index is 11.9. The minimum Gasteiger partial charge on any atom is -0.349 e. The highest BCUT2D eigenvalue weighted by Crippen LogP contribution is 2.08. The van der Waals surface area contributed by atoms with Gasteiger partial charge in [0.05, 0.1) is 0 Å². The van der Waals surface area contributed by atoms with E-state index < -0.39 is 0 Å². The van der Waals surface area contributed by atoms with Crippen molar-refractivity contribution in [2.45, 2.75) is 19.9 Å². The molecule has 1 atom stereocenters. The third-order valence-corrected chi connectivity index (χ3v) is 3.29. The van der Waals surface area contributed by atoms with Gasteiger partial charge in [0.1, 0.15) is 10.3 Å². The minimum atomic E-state index is -0.135. The summed E-state index contributed by atoms with van der Waals surface area (Å²) in [7, 11) is 4.04. The lowest BCUT2D eigenvalue weighted by atomic mass is 10.0. The van der Waals surface area contributed by atoms with Crippen molar-refractivity contribution in [3.8, 4) is 0 Å². The van der Waals surface area contributed by atoms with E-state index in [1.807, 2.05) is 14.1 Å². The first-order chi connectivity index (χ1) is 8.41. The highest BCUT2D eigenvalue weighted by molar-refractivity contribution is 9.10. The van der Waals surface area contributed by atoms with Gasteiger partial charge in [-0.25, -0.2) is 4.98 Å². The van der Waals surface area contributed by atoms with Crippen LogP contribution in [0.4, 0.5) is 0 Å². The zero-order valence-corrected chi connectivity index (χ0v) is 12.9. The lowest BCUT2D eigenvalue weighted by Gasteiger charge is -2.28. The van der Waals surface area contributed by atoms with E-state index in [0.717, 1.165) is 0 Å². The molecule has 1 amide bonds. The predicted octanol–water partition coefficient (Wildman–Crippen LogP) is 2.16. The number of carbonyl (C=O) groups is 1. The number of amides is 1. The van der Waals surface area contributed by atoms with Gasteiger partial charge in [0, 0.05) is 12.6 Å². The SMILES string of the molecule is CC(C)C(CNC(=O)c1cccc(Br)n1)N(C)C. The van der Waals surface area contributed by atoms with E-state index in [9.17, 15) is 4.79 Å². The van der Waals surface area contributed by atoms with Crippen molar-refractivity contribution in [1.29, 1.82) is 0 Å². The van der Waals surface area contributed by atoms with Crippen LogP contribution in [0.3, 0.4) is 0 Å². The largest absolute Gasteiger partial charge is 0.349 e. The number of pyridine rings is 1. The molecule has 0 spiro atoms. The molecule has 1 rings (SSSR count). The molecule has 0 fully saturated rings. The molecule has 0 aliphatic heterocycles. The molecule has 0 aliphatic rings. The number of nitrogens with zero attached hydrogens (tertiary/aromatic N) is 2. The molecule has 0 aliphatic carbocycles. The highest BCUT2D eigenvalue weighted by atomic mass is 79.9. The van der Waals surface area contributed by atoms with Crippen molar-refractivity contribution >= 4 is 21.8 Å². The third-order valence-electron chi connectivity index (χ3n) is 2.85. The van der Waals surface area contributed by atoms with E-state index in [1.165, 1.54) is 0 Å². The Morgan fingerprint density at radius 1 is 1.44 bits per heavy atom. The summed E-state index contributed by atoms with van der Waals surface area (Å²) in [5, 5.41) is 2.92. The van der Waals surface area contributed by atoms with Gasteiger partial charge in [-0.05, 0) is 48.1 Å². The topological polar surface area (TPSA) is 45.2 Å². The standard InChI is InChI=1S/C13H20BrN3O/c1-9(2)11(17(3)4)8-15-13(18)10-6-5-7-12(14)16-10/h5-7,9,11H,8H2,1-4H3,(H,15,18). The van der Waals surface area contributed by atoms with Crippen molar-refractivity contribution in [2.24, 2.45) is 5.92 Å². The average molecular weight is 314 g/mol. The number of likely N-dealkylation sites (N-methyl/N-ethyl adjacent to an activating group) is 1. The summed E-state index contributed by atoms with van der Waals surface area (Å²) in [6, 6.07) is 5.63. The number of carbonyl (C=O) groups excluding carboxylic acids is 1. The van der Waals surface area contributed by atoms with Gasteiger partial charge in [0.15, 0.2) is 0 Å². The fourth-order valence-corrected chi connectivity index (χ4v) is 2.18. The van der Waals surface area contributed by atoms with Crippen LogP contribution in [0.2, 0.25) is 0 Å². The lowest BCUT2D eigenvalue weighted by Crippen LogP contribution is -2.43. The van der Waals surface area contributed by atoms with Gasteiger partial charge in [0.25, 0.3) is 5.91 Å². The number of aromatic nitrogens is 1. The van der Waals surface area contributed by atoms with Gasteiger partial charge in [0.2, 0.25) is 0 Å². The first-order valence-electron chi connectivity index (χ1n) is 5.99. The second-order valence-corrected chi connectivity index (χ2v) is 5.64. The molecule has 0 saturated heterocycles. The van der Waals surface area contributed by atoms with Gasteiger partial charge in [-0.2, -0.15) is 0 Å². The zero-order chi connectivity index (χ0) is 13.7. The van der Waals surface area contributed by atoms with Crippen molar-refractivity contribution in [3.05, 3.63) is 28.5 Å². The van der Waals surface area contributed by atoms with Crippen molar-refractivity contribution in [2.75, 3.05) is 20.6 Å². The van der Waals surface area contributed by atoms with E-state index in [4.69, 9.17) is 0 Å². The van der Waals surface area contributed by atoms with E-state index in [0.29, 0.717) is 28.8 Å². The molecule has 1 aromatic rings. The number of nitrogens with one attached hydrogen (secondary N) is 1. The molecule has 0 aromatic carbocycles. The molecule has 0 radical (unpaired) electrons. The maximum Gasteiger partial charge on any atom is 0.269 e. The second kappa shape index (κ2) is 6.85. The van der Waals surface area contributed by atoms with Crippen molar-refractivity contribution < 1.29 is 4.79 Å². The number of hydrogen-bond acceptors (Lipinski definition) is 3. The maximum absolute atomic E-state index is 11.9. The van der Waals surface area contributed by atoms with Crippen LogP contribution < -0.4 is 5.32 Å². The van der Waals surface area contributed by atoms with Crippen LogP contribution >= 0.6 is 15.9 Å². The van der Waals surface area contributed by atoms with Crippen LogP contribution in [0, 0.1) is 5.92 Å². The summed E-state index contributed by atoms with van der Waals surface area (Å²) in [5.41, 5.74) is 0.436. The molecule has 1 aromatic heterocycles. The fraction of sp³-hybridized carbons (Fsp3) is 0.538. The van der Waals surface area contributed by atoms with Crippen LogP contribution in [-0.2, 0) is 0 Å². The van der Waals surface area contributed by atoms with Crippen molar-refractivity contribution in [3.63, 3.8) is 0 Å². The van der Waals surface area contributed by atoms with Crippen LogP contribution in [-0.4, -0.2) is 42.5 Å². The Bertz CT molecular complexity index is 399. The minimum absolute atomic E-state index is 0.135. The zero-order valence-electron chi connectivity index (χ0n) is 11.3. The predicted molar refractivity (Wildman–Crippen MR) is 76.6 cm³/mol. The summed E-state index contributed by atoms with van der Waals surface area (Å²) in [4.78, 5) is 18.2. The quantitative estimate of drug-likeness (QED) is 0.847. The van der Waals surface area contributed by atoms with Crippen molar-refractivity contribution in [1.82, 2.24) is 15.2 Å².